The Labute approximate surface area is 508 Å². The molecule has 2 aliphatic carbocycles. The van der Waals surface area contributed by atoms with Crippen LogP contribution in [0.25, 0.3) is 65.4 Å². The van der Waals surface area contributed by atoms with Gasteiger partial charge in [0.1, 0.15) is 11.6 Å². The number of anilines is 6. The fourth-order valence-corrected chi connectivity index (χ4v) is 15.5. The Balaban J connectivity index is 0.848. The second-order valence-electron chi connectivity index (χ2n) is 22.7. The highest BCUT2D eigenvalue weighted by molar-refractivity contribution is 7.25. The second kappa shape index (κ2) is 20.5. The molecular formula is C82H54F2N2S. The van der Waals surface area contributed by atoms with Crippen LogP contribution in [0.2, 0.25) is 0 Å². The Morgan fingerprint density at radius 1 is 0.299 bits per heavy atom. The first-order valence-electron chi connectivity index (χ1n) is 29.4. The Hall–Kier alpha value is -10.7. The molecule has 2 unspecified atom stereocenters. The third kappa shape index (κ3) is 8.11. The Morgan fingerprint density at radius 2 is 0.690 bits per heavy atom. The van der Waals surface area contributed by atoms with E-state index in [1.807, 2.05) is 47.8 Å². The van der Waals surface area contributed by atoms with E-state index in [9.17, 15) is 8.78 Å². The lowest BCUT2D eigenvalue weighted by Gasteiger charge is -2.35. The van der Waals surface area contributed by atoms with Crippen molar-refractivity contribution in [3.05, 3.63) is 372 Å². The van der Waals surface area contributed by atoms with Gasteiger partial charge in [0.05, 0.1) is 10.8 Å². The molecule has 1 aromatic heterocycles. The van der Waals surface area contributed by atoms with Crippen LogP contribution in [0.15, 0.2) is 304 Å². The van der Waals surface area contributed by atoms with E-state index in [2.05, 4.69) is 266 Å². The predicted molar refractivity (Wildman–Crippen MR) is 361 cm³/mol. The number of fused-ring (bicyclic) bond motifs is 10. The van der Waals surface area contributed by atoms with Crippen LogP contribution in [-0.4, -0.2) is 0 Å². The van der Waals surface area contributed by atoms with Gasteiger partial charge in [-0.25, -0.2) is 8.78 Å². The molecule has 2 atom stereocenters. The molecule has 0 radical (unpaired) electrons. The third-order valence-electron chi connectivity index (χ3n) is 18.2. The molecule has 1 heterocycles. The number of para-hydroxylation sites is 2. The molecule has 2 aliphatic rings. The molecule has 14 aromatic rings. The number of hydrogen-bond donors (Lipinski definition) is 0. The summed E-state index contributed by atoms with van der Waals surface area (Å²) in [4.78, 5) is 4.73. The summed E-state index contributed by atoms with van der Waals surface area (Å²) in [5, 5.41) is 4.64. The molecule has 0 saturated heterocycles. The summed E-state index contributed by atoms with van der Waals surface area (Å²) >= 11 is 1.82. The van der Waals surface area contributed by atoms with Crippen LogP contribution in [0.5, 0.6) is 0 Å². The number of halogens is 2. The fraction of sp³-hybridized carbons (Fsp3) is 0.0244. The van der Waals surface area contributed by atoms with E-state index < -0.39 is 10.8 Å². The number of nitrogens with zero attached hydrogens (tertiary/aromatic N) is 2. The number of rotatable bonds is 12. The van der Waals surface area contributed by atoms with E-state index in [0.29, 0.717) is 0 Å². The van der Waals surface area contributed by atoms with Crippen molar-refractivity contribution >= 4 is 88.6 Å². The second-order valence-corrected chi connectivity index (χ2v) is 23.8. The monoisotopic (exact) mass is 1140 g/mol. The lowest BCUT2D eigenvalue weighted by Crippen LogP contribution is -2.29. The highest BCUT2D eigenvalue weighted by Gasteiger charge is 2.48. The van der Waals surface area contributed by atoms with Crippen LogP contribution in [0.4, 0.5) is 42.9 Å². The Bertz CT molecular complexity index is 5030. The van der Waals surface area contributed by atoms with Crippen molar-refractivity contribution in [1.29, 1.82) is 0 Å². The van der Waals surface area contributed by atoms with Gasteiger partial charge in [-0.3, -0.25) is 0 Å². The average Bonchev–Trinajstić information content (AvgIpc) is 1.62. The maximum atomic E-state index is 15.0. The van der Waals surface area contributed by atoms with E-state index in [-0.39, 0.29) is 11.6 Å². The molecule has 16 rings (SSSR count). The van der Waals surface area contributed by atoms with Gasteiger partial charge < -0.3 is 9.80 Å². The summed E-state index contributed by atoms with van der Waals surface area (Å²) in [6.45, 7) is 8.12. The van der Waals surface area contributed by atoms with Crippen LogP contribution < -0.4 is 9.80 Å². The topological polar surface area (TPSA) is 6.48 Å². The smallest absolute Gasteiger partial charge is 0.123 e. The minimum atomic E-state index is -0.749. The summed E-state index contributed by atoms with van der Waals surface area (Å²) < 4.78 is 32.3. The fourth-order valence-electron chi connectivity index (χ4n) is 14.4. The summed E-state index contributed by atoms with van der Waals surface area (Å²) in [6, 6.07) is 102. The van der Waals surface area contributed by atoms with E-state index in [0.717, 1.165) is 123 Å². The standard InChI is InChI=1S/C82H54F2N2S/c1-3-53-23-28-57(29-24-53)81(59-32-36-61(83)37-33-59)75-21-13-11-19-69(75)71-44-41-67(51-77(71)81)85(63-15-7-5-8-16-63)65-40-27-55-49-80-73(48-56(55)47-65)74-50-66(43-46-79(74)87-80)86(64-17-9-6-10-18-64)68-42-45-72-70-20-12-14-22-76(70)82(78(72)52-68,60-34-38-62(84)39-35-60)58-30-25-54(4-2)26-31-58/h3-52H,1-2H2. The van der Waals surface area contributed by atoms with Crippen LogP contribution >= 0.6 is 11.3 Å². The molecule has 0 spiro atoms. The average molecular weight is 1140 g/mol. The van der Waals surface area contributed by atoms with Gasteiger partial charge in [-0.1, -0.05) is 201 Å². The van der Waals surface area contributed by atoms with Gasteiger partial charge in [0.2, 0.25) is 0 Å². The van der Waals surface area contributed by atoms with Crippen molar-refractivity contribution < 1.29 is 8.78 Å². The van der Waals surface area contributed by atoms with E-state index in [4.69, 9.17) is 0 Å². The first-order valence-corrected chi connectivity index (χ1v) is 30.2. The molecule has 0 saturated carbocycles. The molecule has 0 N–H and O–H groups in total. The van der Waals surface area contributed by atoms with Crippen molar-refractivity contribution in [2.24, 2.45) is 0 Å². The molecule has 412 valence electrons. The van der Waals surface area contributed by atoms with Crippen LogP contribution in [0, 0.1) is 11.6 Å². The van der Waals surface area contributed by atoms with Crippen molar-refractivity contribution in [1.82, 2.24) is 0 Å². The van der Waals surface area contributed by atoms with Crippen molar-refractivity contribution in [3.63, 3.8) is 0 Å². The summed E-state index contributed by atoms with van der Waals surface area (Å²) in [5.74, 6) is -0.545. The highest BCUT2D eigenvalue weighted by Crippen LogP contribution is 2.59. The molecule has 0 aliphatic heterocycles. The summed E-state index contributed by atoms with van der Waals surface area (Å²) in [5.41, 5.74) is 20.0. The minimum Gasteiger partial charge on any atom is -0.310 e. The maximum Gasteiger partial charge on any atom is 0.123 e. The van der Waals surface area contributed by atoms with E-state index >= 15 is 0 Å². The zero-order chi connectivity index (χ0) is 58.4. The Kier molecular flexibility index (Phi) is 12.2. The van der Waals surface area contributed by atoms with Crippen molar-refractivity contribution in [2.75, 3.05) is 9.80 Å². The molecule has 0 amide bonds. The Morgan fingerprint density at radius 3 is 1.17 bits per heavy atom. The maximum absolute atomic E-state index is 15.0. The molecule has 5 heteroatoms. The molecule has 2 nitrogen and oxygen atoms in total. The van der Waals surface area contributed by atoms with E-state index in [1.165, 1.54) is 20.2 Å². The first kappa shape index (κ1) is 51.9. The lowest BCUT2D eigenvalue weighted by atomic mass is 9.67. The van der Waals surface area contributed by atoms with Crippen LogP contribution in [0.1, 0.15) is 55.6 Å². The first-order chi connectivity index (χ1) is 42.8. The summed E-state index contributed by atoms with van der Waals surface area (Å²) in [6.07, 6.45) is 3.74. The minimum absolute atomic E-state index is 0.272. The molecule has 87 heavy (non-hydrogen) atoms. The van der Waals surface area contributed by atoms with Gasteiger partial charge in [-0.05, 0) is 204 Å². The number of benzene rings is 13. The lowest BCUT2D eigenvalue weighted by molar-refractivity contribution is 0.624. The van der Waals surface area contributed by atoms with Crippen LogP contribution in [-0.2, 0) is 10.8 Å². The van der Waals surface area contributed by atoms with Crippen LogP contribution in [0.3, 0.4) is 0 Å². The normalized spacial score (nSPS) is 15.4. The quantitative estimate of drug-likeness (QED) is 0.120. The van der Waals surface area contributed by atoms with Gasteiger partial charge >= 0.3 is 0 Å². The molecular weight excluding hydrogens is 1080 g/mol. The molecule has 0 fully saturated rings. The highest BCUT2D eigenvalue weighted by atomic mass is 32.1. The SMILES string of the molecule is C=Cc1ccc(C2(c3ccc(F)cc3)c3ccccc3-c3ccc(N(c4ccccc4)c4ccc5cc6sc7ccc(N(c8ccccc8)c8ccc9c(c8)C(c8ccc(F)cc8)(c8ccc(C=C)cc8)c8ccccc8-9)cc7c6cc5c4)cc32)cc1. The summed E-state index contributed by atoms with van der Waals surface area (Å²) in [7, 11) is 0. The van der Waals surface area contributed by atoms with Crippen molar-refractivity contribution in [2.45, 2.75) is 10.8 Å². The van der Waals surface area contributed by atoms with Gasteiger partial charge in [-0.15, -0.1) is 11.3 Å². The molecule has 0 bridgehead atoms. The number of thiophene rings is 1. The van der Waals surface area contributed by atoms with Crippen molar-refractivity contribution in [3.8, 4) is 22.3 Å². The van der Waals surface area contributed by atoms with Gasteiger partial charge in [0.15, 0.2) is 0 Å². The van der Waals surface area contributed by atoms with Gasteiger partial charge in [0.25, 0.3) is 0 Å². The largest absolute Gasteiger partial charge is 0.310 e. The third-order valence-corrected chi connectivity index (χ3v) is 19.4. The van der Waals surface area contributed by atoms with E-state index in [1.54, 1.807) is 24.3 Å². The number of hydrogen-bond acceptors (Lipinski definition) is 3. The molecule has 13 aromatic carbocycles. The predicted octanol–water partition coefficient (Wildman–Crippen LogP) is 22.4. The van der Waals surface area contributed by atoms with Gasteiger partial charge in [0, 0.05) is 54.3 Å². The zero-order valence-corrected chi connectivity index (χ0v) is 48.2. The van der Waals surface area contributed by atoms with Gasteiger partial charge in [-0.2, -0.15) is 0 Å². The zero-order valence-electron chi connectivity index (χ0n) is 47.3.